The van der Waals surface area contributed by atoms with Gasteiger partial charge in [0.2, 0.25) is 0 Å². The lowest BCUT2D eigenvalue weighted by atomic mass is 9.53. The number of methoxy groups -OCH3 is 1. The zero-order chi connectivity index (χ0) is 24.7. The van der Waals surface area contributed by atoms with Gasteiger partial charge < -0.3 is 15.0 Å². The Morgan fingerprint density at radius 1 is 1.06 bits per heavy atom. The second-order valence-electron chi connectivity index (χ2n) is 13.1. The maximum absolute atomic E-state index is 13.3. The van der Waals surface area contributed by atoms with E-state index in [1.807, 2.05) is 0 Å². The van der Waals surface area contributed by atoms with Gasteiger partial charge in [-0.05, 0) is 131 Å². The normalized spacial score (nSPS) is 33.6. The Kier molecular flexibility index (Phi) is 6.96. The van der Waals surface area contributed by atoms with Crippen molar-refractivity contribution in [3.63, 3.8) is 0 Å². The number of urea groups is 1. The molecule has 2 amide bonds. The predicted molar refractivity (Wildman–Crippen MR) is 144 cm³/mol. The first-order chi connectivity index (χ1) is 17.5. The van der Waals surface area contributed by atoms with Gasteiger partial charge in [-0.25, -0.2) is 4.79 Å². The molecule has 1 N–H and O–H groups in total. The average Bonchev–Trinajstić information content (AvgIpc) is 2.87. The van der Waals surface area contributed by atoms with Crippen molar-refractivity contribution in [1.29, 1.82) is 0 Å². The number of ether oxygens (including phenoxy) is 1. The topological polar surface area (TPSA) is 44.8 Å². The monoisotopic (exact) mass is 493 g/mol. The molecule has 5 heteroatoms. The minimum absolute atomic E-state index is 0.127. The summed E-state index contributed by atoms with van der Waals surface area (Å²) in [5.41, 5.74) is 3.10. The number of benzene rings is 1. The van der Waals surface area contributed by atoms with Gasteiger partial charge in [0.25, 0.3) is 0 Å². The van der Waals surface area contributed by atoms with Gasteiger partial charge in [0.15, 0.2) is 0 Å². The minimum atomic E-state index is 0.127. The first-order valence-corrected chi connectivity index (χ1v) is 15.0. The maximum Gasteiger partial charge on any atom is 0.317 e. The molecule has 4 saturated carbocycles. The Hall–Kier alpha value is -1.75. The molecule has 7 rings (SSSR count). The number of carbonyl (C=O) groups excluding carboxylic acids is 1. The Balaban J connectivity index is 1.01. The van der Waals surface area contributed by atoms with Crippen LogP contribution in [0.5, 0.6) is 5.75 Å². The number of amides is 2. The highest BCUT2D eigenvalue weighted by molar-refractivity contribution is 5.75. The summed E-state index contributed by atoms with van der Waals surface area (Å²) in [4.78, 5) is 18.2. The zero-order valence-electron chi connectivity index (χ0n) is 22.6. The quantitative estimate of drug-likeness (QED) is 0.533. The van der Waals surface area contributed by atoms with E-state index in [0.29, 0.717) is 12.0 Å². The molecule has 5 fully saturated rings. The van der Waals surface area contributed by atoms with Gasteiger partial charge in [-0.15, -0.1) is 0 Å². The third-order valence-corrected chi connectivity index (χ3v) is 10.4. The van der Waals surface area contributed by atoms with Crippen LogP contribution in [-0.2, 0) is 12.8 Å². The predicted octanol–water partition coefficient (Wildman–Crippen LogP) is 5.65. The summed E-state index contributed by atoms with van der Waals surface area (Å²) >= 11 is 0. The number of piperidine rings is 1. The molecule has 0 spiro atoms. The van der Waals surface area contributed by atoms with Crippen molar-refractivity contribution < 1.29 is 9.53 Å². The SMILES string of the molecule is CCCN(CC1CCN(C(=O)NC23CC4CC(CC(C4)C2)C3)CC1)C1CCc2cc(OC)ccc2C1. The van der Waals surface area contributed by atoms with E-state index >= 15 is 0 Å². The van der Waals surface area contributed by atoms with E-state index in [0.717, 1.165) is 62.3 Å². The molecule has 1 saturated heterocycles. The highest BCUT2D eigenvalue weighted by Crippen LogP contribution is 2.55. The lowest BCUT2D eigenvalue weighted by Crippen LogP contribution is -2.62. The molecule has 0 radical (unpaired) electrons. The molecule has 198 valence electrons. The molecule has 1 aromatic carbocycles. The Morgan fingerprint density at radius 2 is 1.75 bits per heavy atom. The second-order valence-corrected chi connectivity index (χ2v) is 13.1. The molecule has 5 nitrogen and oxygen atoms in total. The van der Waals surface area contributed by atoms with E-state index in [1.165, 1.54) is 75.6 Å². The number of nitrogens with zero attached hydrogens (tertiary/aromatic N) is 2. The van der Waals surface area contributed by atoms with E-state index in [2.05, 4.69) is 40.2 Å². The third kappa shape index (κ3) is 5.01. The molecule has 36 heavy (non-hydrogen) atoms. The number of carbonyl (C=O) groups is 1. The highest BCUT2D eigenvalue weighted by atomic mass is 16.5. The van der Waals surface area contributed by atoms with Gasteiger partial charge in [-0.3, -0.25) is 4.90 Å². The standard InChI is InChI=1S/C31H47N3O2/c1-3-10-34(28-6-4-27-17-29(36-2)7-5-26(27)16-28)21-22-8-11-33(12-9-22)30(35)32-31-18-23-13-24(19-31)15-25(14-23)20-31/h5,7,17,22-25,28H,3-4,6,8-16,18-21H2,1-2H3,(H,32,35). The number of fused-ring (bicyclic) bond motifs is 1. The first-order valence-electron chi connectivity index (χ1n) is 15.0. The summed E-state index contributed by atoms with van der Waals surface area (Å²) in [6.45, 7) is 6.54. The van der Waals surface area contributed by atoms with Gasteiger partial charge in [0, 0.05) is 31.2 Å². The molecule has 1 aromatic rings. The van der Waals surface area contributed by atoms with Gasteiger partial charge in [-0.2, -0.15) is 0 Å². The molecule has 6 aliphatic rings. The van der Waals surface area contributed by atoms with Crippen LogP contribution in [0.3, 0.4) is 0 Å². The van der Waals surface area contributed by atoms with Gasteiger partial charge >= 0.3 is 6.03 Å². The number of hydrogen-bond donors (Lipinski definition) is 1. The van der Waals surface area contributed by atoms with Crippen molar-refractivity contribution >= 4 is 6.03 Å². The summed E-state index contributed by atoms with van der Waals surface area (Å²) in [5, 5.41) is 3.61. The molecule has 0 aromatic heterocycles. The fraction of sp³-hybridized carbons (Fsp3) is 0.774. The fourth-order valence-electron chi connectivity index (χ4n) is 9.08. The molecular weight excluding hydrogens is 446 g/mol. The van der Waals surface area contributed by atoms with Crippen molar-refractivity contribution in [2.24, 2.45) is 23.7 Å². The first kappa shape index (κ1) is 24.6. The Labute approximate surface area is 218 Å². The lowest BCUT2D eigenvalue weighted by molar-refractivity contribution is -0.0163. The van der Waals surface area contributed by atoms with E-state index in [4.69, 9.17) is 4.74 Å². The van der Waals surface area contributed by atoms with Crippen molar-refractivity contribution in [3.8, 4) is 5.75 Å². The molecule has 1 atom stereocenters. The van der Waals surface area contributed by atoms with Crippen LogP contribution in [0, 0.1) is 23.7 Å². The highest BCUT2D eigenvalue weighted by Gasteiger charge is 2.52. The Morgan fingerprint density at radius 3 is 2.39 bits per heavy atom. The van der Waals surface area contributed by atoms with Crippen molar-refractivity contribution in [1.82, 2.24) is 15.1 Å². The number of rotatable bonds is 7. The maximum atomic E-state index is 13.3. The van der Waals surface area contributed by atoms with Crippen LogP contribution in [0.1, 0.15) is 82.3 Å². The summed E-state index contributed by atoms with van der Waals surface area (Å²) in [7, 11) is 1.76. The Bertz CT molecular complexity index is 902. The molecule has 5 aliphatic carbocycles. The number of hydrogen-bond acceptors (Lipinski definition) is 3. The minimum Gasteiger partial charge on any atom is -0.497 e. The van der Waals surface area contributed by atoms with Gasteiger partial charge in [0.1, 0.15) is 5.75 Å². The van der Waals surface area contributed by atoms with Gasteiger partial charge in [0.05, 0.1) is 7.11 Å². The van der Waals surface area contributed by atoms with Crippen LogP contribution in [0.15, 0.2) is 18.2 Å². The summed E-state index contributed by atoms with van der Waals surface area (Å²) in [6.07, 6.45) is 15.1. The van der Waals surface area contributed by atoms with E-state index in [-0.39, 0.29) is 11.6 Å². The van der Waals surface area contributed by atoms with Crippen LogP contribution in [0.25, 0.3) is 0 Å². The van der Waals surface area contributed by atoms with E-state index in [9.17, 15) is 4.79 Å². The average molecular weight is 494 g/mol. The molecule has 1 aliphatic heterocycles. The van der Waals surface area contributed by atoms with Crippen molar-refractivity contribution in [2.45, 2.75) is 95.6 Å². The zero-order valence-corrected chi connectivity index (χ0v) is 22.6. The number of aryl methyl sites for hydroxylation is 1. The molecule has 4 bridgehead atoms. The summed E-state index contributed by atoms with van der Waals surface area (Å²) in [5.74, 6) is 4.32. The third-order valence-electron chi connectivity index (χ3n) is 10.4. The molecule has 1 heterocycles. The lowest BCUT2D eigenvalue weighted by Gasteiger charge is -2.57. The van der Waals surface area contributed by atoms with Crippen LogP contribution in [0.4, 0.5) is 4.79 Å². The fourth-order valence-corrected chi connectivity index (χ4v) is 9.08. The summed E-state index contributed by atoms with van der Waals surface area (Å²) < 4.78 is 5.44. The second kappa shape index (κ2) is 10.2. The largest absolute Gasteiger partial charge is 0.497 e. The molecule has 1 unspecified atom stereocenters. The number of nitrogens with one attached hydrogen (secondary N) is 1. The van der Waals surface area contributed by atoms with E-state index < -0.39 is 0 Å². The molecular formula is C31H47N3O2. The van der Waals surface area contributed by atoms with Crippen LogP contribution in [-0.4, -0.2) is 60.7 Å². The van der Waals surface area contributed by atoms with Crippen molar-refractivity contribution in [2.75, 3.05) is 33.3 Å². The summed E-state index contributed by atoms with van der Waals surface area (Å²) in [6, 6.07) is 7.52. The van der Waals surface area contributed by atoms with Gasteiger partial charge in [-0.1, -0.05) is 13.0 Å². The smallest absolute Gasteiger partial charge is 0.317 e. The van der Waals surface area contributed by atoms with Crippen LogP contribution < -0.4 is 10.1 Å². The van der Waals surface area contributed by atoms with Crippen LogP contribution in [0.2, 0.25) is 0 Å². The number of likely N-dealkylation sites (tertiary alicyclic amines) is 1. The van der Waals surface area contributed by atoms with E-state index in [1.54, 1.807) is 7.11 Å². The van der Waals surface area contributed by atoms with Crippen LogP contribution >= 0.6 is 0 Å². The van der Waals surface area contributed by atoms with Crippen molar-refractivity contribution in [3.05, 3.63) is 29.3 Å².